The van der Waals surface area contributed by atoms with Crippen LogP contribution in [-0.2, 0) is 9.53 Å². The molecule has 0 atom stereocenters. The highest BCUT2D eigenvalue weighted by atomic mass is 32.2. The van der Waals surface area contributed by atoms with Crippen LogP contribution >= 0.6 is 11.8 Å². The van der Waals surface area contributed by atoms with Crippen LogP contribution in [0.15, 0.2) is 29.2 Å². The molecule has 7 heteroatoms. The Bertz CT molecular complexity index is 480. The molecule has 0 aliphatic heterocycles. The largest absolute Gasteiger partial charge is 0.469 e. The first kappa shape index (κ1) is 18.4. The van der Waals surface area contributed by atoms with Crippen LogP contribution in [0, 0.1) is 0 Å². The molecule has 0 fully saturated rings. The number of unbranched alkanes of at least 4 members (excludes halogenated alkanes) is 2. The van der Waals surface area contributed by atoms with E-state index >= 15 is 0 Å². The molecule has 0 spiro atoms. The highest BCUT2D eigenvalue weighted by Crippen LogP contribution is 2.25. The summed E-state index contributed by atoms with van der Waals surface area (Å²) < 4.78 is 28.9. The number of amides is 1. The van der Waals surface area contributed by atoms with E-state index in [0.717, 1.165) is 19.3 Å². The number of carbonyl (C=O) groups is 2. The van der Waals surface area contributed by atoms with Gasteiger partial charge in [0.1, 0.15) is 0 Å². The van der Waals surface area contributed by atoms with E-state index < -0.39 is 5.76 Å². The minimum absolute atomic E-state index is 0.231. The van der Waals surface area contributed by atoms with E-state index in [1.165, 1.54) is 31.4 Å². The fourth-order valence-corrected chi connectivity index (χ4v) is 2.26. The number of esters is 1. The molecule has 22 heavy (non-hydrogen) atoms. The molecule has 1 N–H and O–H groups in total. The predicted octanol–water partition coefficient (Wildman–Crippen LogP) is 3.46. The van der Waals surface area contributed by atoms with Crippen molar-refractivity contribution in [2.45, 2.75) is 36.3 Å². The van der Waals surface area contributed by atoms with Crippen LogP contribution in [0.3, 0.4) is 0 Å². The Morgan fingerprint density at radius 1 is 1.18 bits per heavy atom. The third-order valence-electron chi connectivity index (χ3n) is 2.91. The summed E-state index contributed by atoms with van der Waals surface area (Å²) in [6.07, 6.45) is 2.69. The molecule has 0 bridgehead atoms. The van der Waals surface area contributed by atoms with Crippen molar-refractivity contribution in [2.24, 2.45) is 0 Å². The van der Waals surface area contributed by atoms with E-state index in [9.17, 15) is 18.4 Å². The number of carbonyl (C=O) groups excluding carboxylic acids is 2. The lowest BCUT2D eigenvalue weighted by atomic mass is 10.2. The summed E-state index contributed by atoms with van der Waals surface area (Å²) >= 11 is 0.447. The Morgan fingerprint density at radius 2 is 1.86 bits per heavy atom. The van der Waals surface area contributed by atoms with Crippen molar-refractivity contribution in [1.29, 1.82) is 0 Å². The van der Waals surface area contributed by atoms with Gasteiger partial charge in [0.25, 0.3) is 11.7 Å². The molecule has 0 aromatic heterocycles. The molecule has 0 unspecified atom stereocenters. The highest BCUT2D eigenvalue weighted by molar-refractivity contribution is 7.99. The normalized spacial score (nSPS) is 10.5. The molecule has 0 saturated carbocycles. The van der Waals surface area contributed by atoms with Gasteiger partial charge >= 0.3 is 5.97 Å². The summed E-state index contributed by atoms with van der Waals surface area (Å²) in [6, 6.07) is 6.05. The van der Waals surface area contributed by atoms with Crippen LogP contribution in [0.2, 0.25) is 0 Å². The molecule has 1 aromatic carbocycles. The van der Waals surface area contributed by atoms with Crippen molar-refractivity contribution in [3.8, 4) is 0 Å². The zero-order chi connectivity index (χ0) is 16.4. The summed E-state index contributed by atoms with van der Waals surface area (Å²) in [5, 5.41) is 2.75. The maximum atomic E-state index is 12.2. The number of methoxy groups -OCH3 is 1. The average molecular weight is 331 g/mol. The van der Waals surface area contributed by atoms with Gasteiger partial charge in [0.05, 0.1) is 7.11 Å². The molecular weight excluding hydrogens is 312 g/mol. The van der Waals surface area contributed by atoms with E-state index in [1.54, 1.807) is 0 Å². The van der Waals surface area contributed by atoms with Crippen LogP contribution in [0.25, 0.3) is 0 Å². The maximum absolute atomic E-state index is 12.2. The fourth-order valence-electron chi connectivity index (χ4n) is 1.76. The van der Waals surface area contributed by atoms with Crippen LogP contribution in [0.4, 0.5) is 8.78 Å². The van der Waals surface area contributed by atoms with Crippen LogP contribution in [-0.4, -0.2) is 31.3 Å². The SMILES string of the molecule is COC(=O)CCCCCNC(=O)c1ccc(SC(F)F)cc1. The van der Waals surface area contributed by atoms with Crippen LogP contribution in [0.5, 0.6) is 0 Å². The first-order valence-corrected chi connectivity index (χ1v) is 7.81. The lowest BCUT2D eigenvalue weighted by molar-refractivity contribution is -0.140. The van der Waals surface area contributed by atoms with E-state index in [2.05, 4.69) is 10.1 Å². The van der Waals surface area contributed by atoms with Gasteiger partial charge in [-0.1, -0.05) is 18.2 Å². The zero-order valence-electron chi connectivity index (χ0n) is 12.3. The average Bonchev–Trinajstić information content (AvgIpc) is 2.50. The summed E-state index contributed by atoms with van der Waals surface area (Å²) in [7, 11) is 1.35. The van der Waals surface area contributed by atoms with Gasteiger partial charge in [-0.05, 0) is 37.1 Å². The molecule has 1 amide bonds. The summed E-state index contributed by atoms with van der Waals surface area (Å²) in [5.41, 5.74) is 0.438. The minimum Gasteiger partial charge on any atom is -0.469 e. The van der Waals surface area contributed by atoms with Crippen molar-refractivity contribution in [2.75, 3.05) is 13.7 Å². The third kappa shape index (κ3) is 7.40. The van der Waals surface area contributed by atoms with Gasteiger partial charge in [-0.15, -0.1) is 0 Å². The predicted molar refractivity (Wildman–Crippen MR) is 81.1 cm³/mol. The zero-order valence-corrected chi connectivity index (χ0v) is 13.1. The van der Waals surface area contributed by atoms with Gasteiger partial charge < -0.3 is 10.1 Å². The first-order valence-electron chi connectivity index (χ1n) is 6.93. The van der Waals surface area contributed by atoms with Crippen molar-refractivity contribution in [3.63, 3.8) is 0 Å². The summed E-state index contributed by atoms with van der Waals surface area (Å²) in [4.78, 5) is 23.1. The fraction of sp³-hybridized carbons (Fsp3) is 0.467. The van der Waals surface area contributed by atoms with E-state index in [1.807, 2.05) is 0 Å². The molecular formula is C15H19F2NO3S. The second-order valence-corrected chi connectivity index (χ2v) is 5.61. The number of halogens is 2. The Kier molecular flexibility index (Phi) is 8.50. The maximum Gasteiger partial charge on any atom is 0.305 e. The number of benzene rings is 1. The van der Waals surface area contributed by atoms with E-state index in [-0.39, 0.29) is 11.9 Å². The number of thioether (sulfide) groups is 1. The number of nitrogens with one attached hydrogen (secondary N) is 1. The molecule has 1 rings (SSSR count). The Hall–Kier alpha value is -1.63. The van der Waals surface area contributed by atoms with E-state index in [0.29, 0.717) is 35.2 Å². The van der Waals surface area contributed by atoms with Crippen molar-refractivity contribution in [3.05, 3.63) is 29.8 Å². The third-order valence-corrected chi connectivity index (χ3v) is 3.64. The Labute approximate surface area is 132 Å². The second kappa shape index (κ2) is 10.2. The molecule has 4 nitrogen and oxygen atoms in total. The molecule has 0 radical (unpaired) electrons. The van der Waals surface area contributed by atoms with Gasteiger partial charge in [-0.2, -0.15) is 8.78 Å². The van der Waals surface area contributed by atoms with Gasteiger partial charge in [-0.3, -0.25) is 9.59 Å². The molecule has 0 saturated heterocycles. The standard InChI is InChI=1S/C15H19F2NO3S/c1-21-13(19)5-3-2-4-10-18-14(20)11-6-8-12(9-7-11)22-15(16)17/h6-9,15H,2-5,10H2,1H3,(H,18,20). The summed E-state index contributed by atoms with van der Waals surface area (Å²) in [5.74, 6) is -2.93. The van der Waals surface area contributed by atoms with Gasteiger partial charge in [0, 0.05) is 23.4 Å². The number of alkyl halides is 2. The van der Waals surface area contributed by atoms with E-state index in [4.69, 9.17) is 0 Å². The number of hydrogen-bond donors (Lipinski definition) is 1. The molecule has 0 aliphatic rings. The quantitative estimate of drug-likeness (QED) is 0.428. The highest BCUT2D eigenvalue weighted by Gasteiger charge is 2.08. The van der Waals surface area contributed by atoms with Crippen LogP contribution in [0.1, 0.15) is 36.0 Å². The molecule has 0 heterocycles. The van der Waals surface area contributed by atoms with Crippen molar-refractivity contribution < 1.29 is 23.1 Å². The molecule has 122 valence electrons. The van der Waals surface area contributed by atoms with Gasteiger partial charge in [0.2, 0.25) is 0 Å². The number of rotatable bonds is 9. The van der Waals surface area contributed by atoms with Gasteiger partial charge in [-0.25, -0.2) is 0 Å². The van der Waals surface area contributed by atoms with Crippen molar-refractivity contribution >= 4 is 23.6 Å². The second-order valence-electron chi connectivity index (χ2n) is 4.55. The van der Waals surface area contributed by atoms with Crippen LogP contribution < -0.4 is 5.32 Å². The van der Waals surface area contributed by atoms with Crippen molar-refractivity contribution in [1.82, 2.24) is 5.32 Å². The molecule has 0 aliphatic carbocycles. The first-order chi connectivity index (χ1) is 10.5. The lowest BCUT2D eigenvalue weighted by Gasteiger charge is -2.06. The monoisotopic (exact) mass is 331 g/mol. The number of ether oxygens (including phenoxy) is 1. The number of hydrogen-bond acceptors (Lipinski definition) is 4. The Balaban J connectivity index is 2.23. The minimum atomic E-state index is -2.47. The van der Waals surface area contributed by atoms with Gasteiger partial charge in [0.15, 0.2) is 0 Å². The topological polar surface area (TPSA) is 55.4 Å². The smallest absolute Gasteiger partial charge is 0.305 e. The summed E-state index contributed by atoms with van der Waals surface area (Å²) in [6.45, 7) is 0.507. The molecule has 1 aromatic rings. The lowest BCUT2D eigenvalue weighted by Crippen LogP contribution is -2.24. The Morgan fingerprint density at radius 3 is 2.45 bits per heavy atom.